The first-order valence-corrected chi connectivity index (χ1v) is 5.88. The van der Waals surface area contributed by atoms with Crippen LogP contribution in [0.25, 0.3) is 0 Å². The lowest BCUT2D eigenvalue weighted by Crippen LogP contribution is -2.21. The van der Waals surface area contributed by atoms with Gasteiger partial charge in [0.1, 0.15) is 0 Å². The standard InChI is InChI=1S/C12H17NOS/c1-10(13)9-11(14)7-8-15-12-5-3-2-4-6-12/h2-8,10-11,14H,9,13H2,1H3/b8-7+. The molecule has 0 aliphatic rings. The Bertz CT molecular complexity index is 298. The van der Waals surface area contributed by atoms with Crippen LogP contribution in [0.3, 0.4) is 0 Å². The molecule has 1 aromatic rings. The Hall–Kier alpha value is -0.770. The Balaban J connectivity index is 2.33. The summed E-state index contributed by atoms with van der Waals surface area (Å²) in [5, 5.41) is 11.4. The van der Waals surface area contributed by atoms with Crippen molar-refractivity contribution in [2.24, 2.45) is 5.73 Å². The van der Waals surface area contributed by atoms with Crippen LogP contribution in [0.15, 0.2) is 46.7 Å². The van der Waals surface area contributed by atoms with E-state index < -0.39 is 6.10 Å². The highest BCUT2D eigenvalue weighted by Gasteiger charge is 2.01. The summed E-state index contributed by atoms with van der Waals surface area (Å²) in [6, 6.07) is 10.1. The third kappa shape index (κ3) is 5.62. The van der Waals surface area contributed by atoms with E-state index in [9.17, 15) is 5.11 Å². The Morgan fingerprint density at radius 2 is 2.07 bits per heavy atom. The number of rotatable bonds is 5. The monoisotopic (exact) mass is 223 g/mol. The number of nitrogens with two attached hydrogens (primary N) is 1. The minimum absolute atomic E-state index is 0.0337. The largest absolute Gasteiger partial charge is 0.389 e. The fourth-order valence-electron chi connectivity index (χ4n) is 1.17. The van der Waals surface area contributed by atoms with Gasteiger partial charge < -0.3 is 10.8 Å². The van der Waals surface area contributed by atoms with Crippen molar-refractivity contribution in [1.82, 2.24) is 0 Å². The summed E-state index contributed by atoms with van der Waals surface area (Å²) in [5.74, 6) is 0. The van der Waals surface area contributed by atoms with Crippen molar-refractivity contribution in [2.45, 2.75) is 30.4 Å². The van der Waals surface area contributed by atoms with E-state index in [0.29, 0.717) is 6.42 Å². The molecule has 0 spiro atoms. The smallest absolute Gasteiger partial charge is 0.0743 e. The van der Waals surface area contributed by atoms with Crippen LogP contribution in [0.2, 0.25) is 0 Å². The molecule has 0 radical (unpaired) electrons. The topological polar surface area (TPSA) is 46.2 Å². The van der Waals surface area contributed by atoms with Gasteiger partial charge in [-0.2, -0.15) is 0 Å². The Morgan fingerprint density at radius 1 is 1.40 bits per heavy atom. The Morgan fingerprint density at radius 3 is 2.67 bits per heavy atom. The van der Waals surface area contributed by atoms with E-state index in [1.54, 1.807) is 17.8 Å². The number of aliphatic hydroxyl groups excluding tert-OH is 1. The van der Waals surface area contributed by atoms with E-state index in [1.807, 2.05) is 42.7 Å². The molecule has 1 aromatic carbocycles. The van der Waals surface area contributed by atoms with Crippen LogP contribution in [-0.4, -0.2) is 17.3 Å². The van der Waals surface area contributed by atoms with Crippen LogP contribution in [0.4, 0.5) is 0 Å². The molecule has 0 aliphatic carbocycles. The molecule has 2 atom stereocenters. The predicted molar refractivity (Wildman–Crippen MR) is 65.7 cm³/mol. The lowest BCUT2D eigenvalue weighted by atomic mass is 10.1. The third-order valence-electron chi connectivity index (χ3n) is 1.86. The van der Waals surface area contributed by atoms with Gasteiger partial charge in [0.15, 0.2) is 0 Å². The highest BCUT2D eigenvalue weighted by molar-refractivity contribution is 8.02. The maximum absolute atomic E-state index is 9.52. The summed E-state index contributed by atoms with van der Waals surface area (Å²) in [6.45, 7) is 1.89. The average molecular weight is 223 g/mol. The van der Waals surface area contributed by atoms with Gasteiger partial charge in [0, 0.05) is 10.9 Å². The summed E-state index contributed by atoms with van der Waals surface area (Å²) < 4.78 is 0. The number of hydrogen-bond donors (Lipinski definition) is 2. The van der Waals surface area contributed by atoms with Gasteiger partial charge in [-0.1, -0.05) is 30.0 Å². The van der Waals surface area contributed by atoms with Gasteiger partial charge in [0.2, 0.25) is 0 Å². The Kier molecular flexibility index (Phi) is 5.47. The molecule has 0 aliphatic heterocycles. The minimum atomic E-state index is -0.443. The molecule has 0 amide bonds. The van der Waals surface area contributed by atoms with E-state index in [1.165, 1.54) is 4.90 Å². The highest BCUT2D eigenvalue weighted by atomic mass is 32.2. The molecular formula is C12H17NOS. The van der Waals surface area contributed by atoms with E-state index in [4.69, 9.17) is 5.73 Å². The lowest BCUT2D eigenvalue weighted by molar-refractivity contribution is 0.205. The van der Waals surface area contributed by atoms with Gasteiger partial charge in [-0.3, -0.25) is 0 Å². The van der Waals surface area contributed by atoms with E-state index in [0.717, 1.165) is 0 Å². The van der Waals surface area contributed by atoms with E-state index in [-0.39, 0.29) is 6.04 Å². The summed E-state index contributed by atoms with van der Waals surface area (Å²) in [6.07, 6.45) is 1.94. The number of thioether (sulfide) groups is 1. The molecule has 2 unspecified atom stereocenters. The second-order valence-corrected chi connectivity index (χ2v) is 4.52. The second kappa shape index (κ2) is 6.67. The van der Waals surface area contributed by atoms with Crippen LogP contribution >= 0.6 is 11.8 Å². The molecule has 2 nitrogen and oxygen atoms in total. The lowest BCUT2D eigenvalue weighted by Gasteiger charge is -2.07. The first kappa shape index (κ1) is 12.3. The fourth-order valence-corrected chi connectivity index (χ4v) is 1.90. The first-order valence-electron chi connectivity index (χ1n) is 5.00. The zero-order valence-corrected chi connectivity index (χ0v) is 9.65. The summed E-state index contributed by atoms with van der Waals surface area (Å²) in [5.41, 5.74) is 5.58. The average Bonchev–Trinajstić information content (AvgIpc) is 2.18. The first-order chi connectivity index (χ1) is 7.18. The fraction of sp³-hybridized carbons (Fsp3) is 0.333. The van der Waals surface area contributed by atoms with Gasteiger partial charge in [0.25, 0.3) is 0 Å². The molecule has 0 saturated heterocycles. The van der Waals surface area contributed by atoms with Crippen molar-refractivity contribution in [3.8, 4) is 0 Å². The zero-order valence-electron chi connectivity index (χ0n) is 8.84. The molecule has 0 heterocycles. The highest BCUT2D eigenvalue weighted by Crippen LogP contribution is 2.18. The van der Waals surface area contributed by atoms with Crippen LogP contribution in [-0.2, 0) is 0 Å². The minimum Gasteiger partial charge on any atom is -0.389 e. The van der Waals surface area contributed by atoms with Crippen molar-refractivity contribution in [3.63, 3.8) is 0 Å². The molecule has 0 bridgehead atoms. The van der Waals surface area contributed by atoms with Crippen LogP contribution in [0, 0.1) is 0 Å². The summed E-state index contributed by atoms with van der Waals surface area (Å²) in [4.78, 5) is 1.17. The van der Waals surface area contributed by atoms with Crippen molar-refractivity contribution in [3.05, 3.63) is 41.8 Å². The second-order valence-electron chi connectivity index (χ2n) is 3.54. The third-order valence-corrected chi connectivity index (χ3v) is 2.70. The zero-order chi connectivity index (χ0) is 11.1. The molecule has 0 aromatic heterocycles. The van der Waals surface area contributed by atoms with Gasteiger partial charge in [-0.15, -0.1) is 0 Å². The van der Waals surface area contributed by atoms with Gasteiger partial charge in [0.05, 0.1) is 6.10 Å². The molecule has 15 heavy (non-hydrogen) atoms. The van der Waals surface area contributed by atoms with Crippen LogP contribution in [0.1, 0.15) is 13.3 Å². The normalized spacial score (nSPS) is 15.4. The SMILES string of the molecule is CC(N)CC(O)/C=C/Sc1ccccc1. The quantitative estimate of drug-likeness (QED) is 0.753. The maximum atomic E-state index is 9.52. The van der Waals surface area contributed by atoms with E-state index >= 15 is 0 Å². The maximum Gasteiger partial charge on any atom is 0.0743 e. The van der Waals surface area contributed by atoms with E-state index in [2.05, 4.69) is 0 Å². The molecule has 0 saturated carbocycles. The van der Waals surface area contributed by atoms with Crippen LogP contribution < -0.4 is 5.73 Å². The van der Waals surface area contributed by atoms with Crippen molar-refractivity contribution in [1.29, 1.82) is 0 Å². The summed E-state index contributed by atoms with van der Waals surface area (Å²) in [7, 11) is 0. The summed E-state index contributed by atoms with van der Waals surface area (Å²) >= 11 is 1.59. The van der Waals surface area contributed by atoms with Gasteiger partial charge in [-0.05, 0) is 37.0 Å². The molecule has 82 valence electrons. The van der Waals surface area contributed by atoms with Crippen LogP contribution in [0.5, 0.6) is 0 Å². The van der Waals surface area contributed by atoms with Crippen molar-refractivity contribution >= 4 is 11.8 Å². The predicted octanol–water partition coefficient (Wildman–Crippen LogP) is 2.39. The molecule has 1 rings (SSSR count). The molecular weight excluding hydrogens is 206 g/mol. The van der Waals surface area contributed by atoms with Crippen molar-refractivity contribution in [2.75, 3.05) is 0 Å². The number of hydrogen-bond acceptors (Lipinski definition) is 3. The van der Waals surface area contributed by atoms with Gasteiger partial charge >= 0.3 is 0 Å². The Labute approximate surface area is 95.2 Å². The van der Waals surface area contributed by atoms with Gasteiger partial charge in [-0.25, -0.2) is 0 Å². The molecule has 3 N–H and O–H groups in total. The van der Waals surface area contributed by atoms with Crippen molar-refractivity contribution < 1.29 is 5.11 Å². The molecule has 0 fully saturated rings. The number of benzene rings is 1. The molecule has 3 heteroatoms. The number of aliphatic hydroxyl groups is 1.